The number of furan rings is 1. The van der Waals surface area contributed by atoms with Crippen LogP contribution in [0.3, 0.4) is 0 Å². The Morgan fingerprint density at radius 3 is 1.40 bits per heavy atom. The topological polar surface area (TPSA) is 13.1 Å². The van der Waals surface area contributed by atoms with E-state index in [0.717, 1.165) is 0 Å². The molecular weight excluding hydrogens is 544 g/mol. The van der Waals surface area contributed by atoms with Crippen LogP contribution >= 0.6 is 0 Å². The lowest BCUT2D eigenvalue weighted by Crippen LogP contribution is -1.91. The van der Waals surface area contributed by atoms with Crippen LogP contribution in [0.25, 0.3) is 88.0 Å². The summed E-state index contributed by atoms with van der Waals surface area (Å²) in [5.74, 6) is 0. The molecule has 0 aliphatic carbocycles. The van der Waals surface area contributed by atoms with Crippen LogP contribution in [0.2, 0.25) is 0 Å². The minimum atomic E-state index is -0.726. The van der Waals surface area contributed by atoms with E-state index < -0.39 is 149 Å². The van der Waals surface area contributed by atoms with Crippen LogP contribution in [0.5, 0.6) is 0 Å². The summed E-state index contributed by atoms with van der Waals surface area (Å²) < 4.78 is 181. The molecule has 8 aromatic carbocycles. The van der Waals surface area contributed by atoms with Gasteiger partial charge >= 0.3 is 0 Å². The lowest BCUT2D eigenvalue weighted by molar-refractivity contribution is 0.669. The summed E-state index contributed by atoms with van der Waals surface area (Å²) in [6.07, 6.45) is 0. The van der Waals surface area contributed by atoms with Gasteiger partial charge < -0.3 is 4.42 Å². The Balaban J connectivity index is 1.37. The summed E-state index contributed by atoms with van der Waals surface area (Å²) in [5, 5.41) is 0.865. The van der Waals surface area contributed by atoms with Crippen LogP contribution in [0.1, 0.15) is 27.4 Å². The Morgan fingerprint density at radius 1 is 0.333 bits per heavy atom. The molecule has 0 bridgehead atoms. The zero-order valence-corrected chi connectivity index (χ0v) is 23.0. The van der Waals surface area contributed by atoms with E-state index in [4.69, 9.17) is 25.0 Å². The molecule has 0 aliphatic heterocycles. The highest BCUT2D eigenvalue weighted by Crippen LogP contribution is 2.45. The van der Waals surface area contributed by atoms with Crippen molar-refractivity contribution in [3.8, 4) is 44.5 Å². The van der Waals surface area contributed by atoms with Crippen LogP contribution in [0.15, 0.2) is 174 Å². The molecule has 1 heteroatoms. The van der Waals surface area contributed by atoms with Gasteiger partial charge in [-0.2, -0.15) is 0 Å². The van der Waals surface area contributed by atoms with Crippen LogP contribution in [0, 0.1) is 0 Å². The van der Waals surface area contributed by atoms with Gasteiger partial charge in [0.25, 0.3) is 0 Å². The lowest BCUT2D eigenvalue weighted by atomic mass is 9.85. The molecule has 0 fully saturated rings. The molecule has 0 atom stereocenters. The van der Waals surface area contributed by atoms with Crippen molar-refractivity contribution in [3.63, 3.8) is 0 Å². The van der Waals surface area contributed by atoms with Gasteiger partial charge in [-0.3, -0.25) is 0 Å². The zero-order valence-electron chi connectivity index (χ0n) is 43.0. The molecule has 0 aliphatic rings. The van der Waals surface area contributed by atoms with Crippen molar-refractivity contribution in [1.29, 1.82) is 0 Å². The monoisotopic (exact) mass is 592 g/mol. The first kappa shape index (κ1) is 12.6. The van der Waals surface area contributed by atoms with E-state index >= 15 is 0 Å². The number of hydrogen-bond acceptors (Lipinski definition) is 1. The molecule has 1 nitrogen and oxygen atoms in total. The highest BCUT2D eigenvalue weighted by atomic mass is 16.3. The first-order valence-electron chi connectivity index (χ1n) is 23.8. The fourth-order valence-electron chi connectivity index (χ4n) is 5.62. The van der Waals surface area contributed by atoms with Gasteiger partial charge in [0.2, 0.25) is 0 Å². The third kappa shape index (κ3) is 4.24. The van der Waals surface area contributed by atoms with E-state index in [1.807, 2.05) is 0 Å². The van der Waals surface area contributed by atoms with Gasteiger partial charge in [-0.1, -0.05) is 145 Å². The van der Waals surface area contributed by atoms with E-state index in [9.17, 15) is 6.85 Å². The Labute approximate surface area is 289 Å². The first-order chi connectivity index (χ1) is 30.7. The molecule has 0 amide bonds. The summed E-state index contributed by atoms with van der Waals surface area (Å²) in [7, 11) is 0. The number of benzene rings is 8. The molecule has 0 N–H and O–H groups in total. The van der Waals surface area contributed by atoms with E-state index in [-0.39, 0.29) is 38.6 Å². The fraction of sp³-hybridized carbons (Fsp3) is 0. The fourth-order valence-corrected chi connectivity index (χ4v) is 5.62. The predicted octanol–water partition coefficient (Wildman–Crippen LogP) is 12.6. The summed E-state index contributed by atoms with van der Waals surface area (Å²) in [6, 6.07) is 0.0771. The van der Waals surface area contributed by atoms with Gasteiger partial charge in [0, 0.05) is 10.8 Å². The maximum Gasteiger partial charge on any atom is 0.136 e. The van der Waals surface area contributed by atoms with Gasteiger partial charge in [0.05, 0.1) is 27.4 Å². The van der Waals surface area contributed by atoms with Gasteiger partial charge in [-0.15, -0.1) is 0 Å². The molecule has 0 saturated carbocycles. The van der Waals surface area contributed by atoms with E-state index in [0.29, 0.717) is 21.5 Å². The largest absolute Gasteiger partial charge is 0.456 e. The molecule has 9 rings (SSSR count). The Bertz CT molecular complexity index is 3520. The van der Waals surface area contributed by atoms with Crippen LogP contribution in [-0.2, 0) is 0 Å². The molecule has 0 saturated heterocycles. The third-order valence-electron chi connectivity index (χ3n) is 7.57. The predicted molar refractivity (Wildman–Crippen MR) is 190 cm³/mol. The van der Waals surface area contributed by atoms with Crippen molar-refractivity contribution in [2.45, 2.75) is 0 Å². The zero-order chi connectivity index (χ0) is 47.1. The quantitative estimate of drug-likeness (QED) is 0.185. The molecule has 210 valence electrons. The van der Waals surface area contributed by atoms with Crippen LogP contribution < -0.4 is 0 Å². The van der Waals surface area contributed by atoms with Crippen molar-refractivity contribution in [1.82, 2.24) is 0 Å². The highest BCUT2D eigenvalue weighted by Gasteiger charge is 2.18. The summed E-state index contributed by atoms with van der Waals surface area (Å²) in [4.78, 5) is 0. The summed E-state index contributed by atoms with van der Waals surface area (Å²) in [6.45, 7) is 0. The minimum absolute atomic E-state index is 0.132. The molecular formula is C44H28O. The van der Waals surface area contributed by atoms with Crippen molar-refractivity contribution < 1.29 is 31.8 Å². The molecule has 0 spiro atoms. The maximum atomic E-state index is 9.71. The molecule has 45 heavy (non-hydrogen) atoms. The maximum absolute atomic E-state index is 9.71. The van der Waals surface area contributed by atoms with Crippen molar-refractivity contribution >= 4 is 43.5 Å². The Hall–Kier alpha value is -5.92. The van der Waals surface area contributed by atoms with E-state index in [1.165, 1.54) is 0 Å². The number of rotatable bonds is 4. The number of hydrogen-bond donors (Lipinski definition) is 0. The van der Waals surface area contributed by atoms with Gasteiger partial charge in [-0.25, -0.2) is 0 Å². The average Bonchev–Trinajstić information content (AvgIpc) is 3.71. The normalized spacial score (nSPS) is 17.8. The molecule has 1 heterocycles. The van der Waals surface area contributed by atoms with Gasteiger partial charge in [0.15, 0.2) is 0 Å². The summed E-state index contributed by atoms with van der Waals surface area (Å²) >= 11 is 0. The smallest absolute Gasteiger partial charge is 0.136 e. The second-order valence-electron chi connectivity index (χ2n) is 10.1. The number of fused-ring (bicyclic) bond motifs is 5. The SMILES string of the molecule is [2H]c1c([2H])c([2H])c(-c2c([2H])c([2H])c(-c3c4ccccc4c(-c4c([2H])c([2H])c5oc6c([2H])c(-c7c([2H])c([2H])c([2H])c([2H])c7[2H])c([2H])c([2H])c6c5c4[2H])c4ccccc34)c([2H])c2[2H])c([2H])c1[2H]. The third-order valence-corrected chi connectivity index (χ3v) is 7.57. The Kier molecular flexibility index (Phi) is 2.90. The van der Waals surface area contributed by atoms with Crippen molar-refractivity contribution in [2.75, 3.05) is 0 Å². The van der Waals surface area contributed by atoms with Crippen molar-refractivity contribution in [3.05, 3.63) is 169 Å². The summed E-state index contributed by atoms with van der Waals surface area (Å²) in [5.41, 5.74) is -2.67. The van der Waals surface area contributed by atoms with Crippen LogP contribution in [-0.4, -0.2) is 0 Å². The van der Waals surface area contributed by atoms with Gasteiger partial charge in [-0.05, 0) is 90.2 Å². The molecule has 9 aromatic rings. The standard InChI is InChI=1S/C44H28O/c1-3-11-29(12-4-1)31-19-21-32(22-20-31)43-36-15-7-9-17-38(36)44(39-18-10-8-16-37(39)43)34-24-26-41-40(27-34)35-25-23-33(28-42(35)45-41)30-13-5-2-6-14-30/h1-28H/i1D,2D,3D,4D,5D,6D,11D,12D,13D,14D,19D,20D,21D,22D,23D,24D,25D,26D,27D,28D. The second kappa shape index (κ2) is 10.4. The highest BCUT2D eigenvalue weighted by molar-refractivity contribution is 6.22. The second-order valence-corrected chi connectivity index (χ2v) is 10.1. The molecule has 0 radical (unpaired) electrons. The molecule has 1 aromatic heterocycles. The minimum Gasteiger partial charge on any atom is -0.456 e. The Morgan fingerprint density at radius 2 is 0.800 bits per heavy atom. The first-order valence-corrected chi connectivity index (χ1v) is 13.8. The van der Waals surface area contributed by atoms with E-state index in [2.05, 4.69) is 0 Å². The van der Waals surface area contributed by atoms with Gasteiger partial charge in [0.1, 0.15) is 11.2 Å². The average molecular weight is 593 g/mol. The lowest BCUT2D eigenvalue weighted by Gasteiger charge is -2.18. The van der Waals surface area contributed by atoms with E-state index in [1.54, 1.807) is 48.5 Å². The van der Waals surface area contributed by atoms with Crippen molar-refractivity contribution in [2.24, 2.45) is 0 Å². The molecule has 0 unspecified atom stereocenters. The van der Waals surface area contributed by atoms with Crippen LogP contribution in [0.4, 0.5) is 0 Å².